The van der Waals surface area contributed by atoms with Crippen LogP contribution in [0.3, 0.4) is 0 Å². The van der Waals surface area contributed by atoms with Crippen LogP contribution in [0.5, 0.6) is 0 Å². The minimum absolute atomic E-state index is 0.172. The summed E-state index contributed by atoms with van der Waals surface area (Å²) in [6.07, 6.45) is 0. The van der Waals surface area contributed by atoms with E-state index in [1.807, 2.05) is 25.2 Å². The Kier molecular flexibility index (Phi) is 4.46. The molecule has 0 aliphatic carbocycles. The Hall–Kier alpha value is -1.24. The van der Waals surface area contributed by atoms with Gasteiger partial charge in [0.25, 0.3) is 0 Å². The summed E-state index contributed by atoms with van der Waals surface area (Å²) in [6.45, 7) is 0.789. The van der Waals surface area contributed by atoms with Crippen molar-refractivity contribution in [3.05, 3.63) is 65.5 Å². The van der Waals surface area contributed by atoms with Gasteiger partial charge in [0.05, 0.1) is 0 Å². The minimum atomic E-state index is -0.185. The van der Waals surface area contributed by atoms with Crippen LogP contribution in [0.1, 0.15) is 17.0 Å². The molecule has 0 radical (unpaired) electrons. The first kappa shape index (κ1) is 13.2. The predicted octanol–water partition coefficient (Wildman–Crippen LogP) is 2.68. The van der Waals surface area contributed by atoms with E-state index in [1.165, 1.54) is 11.6 Å². The number of halogens is 1. The molecule has 94 valence electrons. The second-order valence-electron chi connectivity index (χ2n) is 4.34. The highest BCUT2D eigenvalue weighted by atomic mass is 31.0. The number of hydrogen-bond acceptors (Lipinski definition) is 1. The maximum Gasteiger partial charge on any atom is 0.123 e. The van der Waals surface area contributed by atoms with E-state index in [9.17, 15) is 4.39 Å². The third-order valence-corrected chi connectivity index (χ3v) is 3.33. The Bertz CT molecular complexity index is 482. The maximum absolute atomic E-state index is 13.3. The highest BCUT2D eigenvalue weighted by Gasteiger charge is 2.13. The smallest absolute Gasteiger partial charge is 0.123 e. The SMILES string of the molecule is CNCC(c1cccc(F)c1)c1cccc(P)c1. The van der Waals surface area contributed by atoms with Gasteiger partial charge in [0.1, 0.15) is 5.82 Å². The highest BCUT2D eigenvalue weighted by molar-refractivity contribution is 7.27. The molecule has 2 atom stereocenters. The van der Waals surface area contributed by atoms with Gasteiger partial charge in [-0.05, 0) is 35.6 Å². The molecule has 1 nitrogen and oxygen atoms in total. The number of hydrogen-bond donors (Lipinski definition) is 1. The van der Waals surface area contributed by atoms with E-state index < -0.39 is 0 Å². The molecule has 0 saturated heterocycles. The van der Waals surface area contributed by atoms with Gasteiger partial charge < -0.3 is 5.32 Å². The van der Waals surface area contributed by atoms with Crippen molar-refractivity contribution in [2.24, 2.45) is 0 Å². The molecule has 0 heterocycles. The zero-order valence-corrected chi connectivity index (χ0v) is 11.5. The summed E-state index contributed by atoms with van der Waals surface area (Å²) in [7, 11) is 4.61. The summed E-state index contributed by atoms with van der Waals surface area (Å²) in [5, 5.41) is 4.32. The van der Waals surface area contributed by atoms with Crippen LogP contribution in [-0.2, 0) is 0 Å². The lowest BCUT2D eigenvalue weighted by Crippen LogP contribution is -2.19. The lowest BCUT2D eigenvalue weighted by atomic mass is 9.91. The van der Waals surface area contributed by atoms with Crippen molar-refractivity contribution in [2.45, 2.75) is 5.92 Å². The zero-order chi connectivity index (χ0) is 13.0. The molecule has 0 aliphatic rings. The zero-order valence-electron chi connectivity index (χ0n) is 10.4. The van der Waals surface area contributed by atoms with Crippen LogP contribution in [-0.4, -0.2) is 13.6 Å². The van der Waals surface area contributed by atoms with Crippen LogP contribution in [0.4, 0.5) is 4.39 Å². The number of rotatable bonds is 4. The summed E-state index contributed by atoms with van der Waals surface area (Å²) in [6, 6.07) is 15.1. The summed E-state index contributed by atoms with van der Waals surface area (Å²) in [5.74, 6) is -0.0122. The van der Waals surface area contributed by atoms with E-state index in [4.69, 9.17) is 0 Å². The first-order valence-electron chi connectivity index (χ1n) is 5.96. The van der Waals surface area contributed by atoms with Gasteiger partial charge in [-0.1, -0.05) is 36.4 Å². The summed E-state index contributed by atoms with van der Waals surface area (Å²) < 4.78 is 13.3. The molecular formula is C15H17FNP. The van der Waals surface area contributed by atoms with Crippen LogP contribution in [0.2, 0.25) is 0 Å². The molecule has 0 aromatic heterocycles. The fraction of sp³-hybridized carbons (Fsp3) is 0.200. The molecular weight excluding hydrogens is 244 g/mol. The van der Waals surface area contributed by atoms with E-state index in [1.54, 1.807) is 12.1 Å². The van der Waals surface area contributed by atoms with Crippen LogP contribution in [0.25, 0.3) is 0 Å². The van der Waals surface area contributed by atoms with Crippen molar-refractivity contribution in [2.75, 3.05) is 13.6 Å². The molecule has 3 heteroatoms. The second kappa shape index (κ2) is 6.08. The third kappa shape index (κ3) is 3.16. The Balaban J connectivity index is 2.39. The first-order valence-corrected chi connectivity index (χ1v) is 6.54. The maximum atomic E-state index is 13.3. The van der Waals surface area contributed by atoms with Gasteiger partial charge in [-0.3, -0.25) is 0 Å². The standard InChI is InChI=1S/C15H17FNP/c1-17-10-15(11-4-2-6-13(16)8-11)12-5-3-7-14(18)9-12/h2-9,15,17H,10,18H2,1H3. The molecule has 0 fully saturated rings. The van der Waals surface area contributed by atoms with Gasteiger partial charge in [-0.2, -0.15) is 0 Å². The monoisotopic (exact) mass is 261 g/mol. The fourth-order valence-electron chi connectivity index (χ4n) is 2.13. The summed E-state index contributed by atoms with van der Waals surface area (Å²) in [5.41, 5.74) is 2.20. The number of likely N-dealkylation sites (N-methyl/N-ethyl adjacent to an activating group) is 1. The summed E-state index contributed by atoms with van der Waals surface area (Å²) in [4.78, 5) is 0. The summed E-state index contributed by atoms with van der Waals surface area (Å²) >= 11 is 0. The van der Waals surface area contributed by atoms with Crippen LogP contribution >= 0.6 is 9.24 Å². The molecule has 18 heavy (non-hydrogen) atoms. The quantitative estimate of drug-likeness (QED) is 0.834. The van der Waals surface area contributed by atoms with Crippen molar-refractivity contribution < 1.29 is 4.39 Å². The molecule has 0 spiro atoms. The van der Waals surface area contributed by atoms with Crippen molar-refractivity contribution in [1.29, 1.82) is 0 Å². The third-order valence-electron chi connectivity index (χ3n) is 2.97. The average Bonchev–Trinajstić information content (AvgIpc) is 2.36. The van der Waals surface area contributed by atoms with E-state index >= 15 is 0 Å². The van der Waals surface area contributed by atoms with Crippen molar-refractivity contribution in [3.63, 3.8) is 0 Å². The van der Waals surface area contributed by atoms with Crippen molar-refractivity contribution in [1.82, 2.24) is 5.32 Å². The lowest BCUT2D eigenvalue weighted by Gasteiger charge is -2.18. The Morgan fingerprint density at radius 2 is 1.78 bits per heavy atom. The molecule has 1 N–H and O–H groups in total. The molecule has 2 rings (SSSR count). The van der Waals surface area contributed by atoms with Gasteiger partial charge in [0.2, 0.25) is 0 Å². The van der Waals surface area contributed by atoms with Gasteiger partial charge in [0, 0.05) is 12.5 Å². The van der Waals surface area contributed by atoms with E-state index in [0.29, 0.717) is 0 Å². The second-order valence-corrected chi connectivity index (χ2v) is 5.00. The van der Waals surface area contributed by atoms with Gasteiger partial charge in [0.15, 0.2) is 0 Å². The Morgan fingerprint density at radius 3 is 2.39 bits per heavy atom. The Labute approximate surface area is 110 Å². The van der Waals surface area contributed by atoms with Crippen molar-refractivity contribution >= 4 is 14.5 Å². The molecule has 2 aromatic carbocycles. The van der Waals surface area contributed by atoms with Crippen LogP contribution in [0, 0.1) is 5.82 Å². The van der Waals surface area contributed by atoms with E-state index in [-0.39, 0.29) is 11.7 Å². The normalized spacial score (nSPS) is 12.4. The van der Waals surface area contributed by atoms with E-state index in [2.05, 4.69) is 26.7 Å². The van der Waals surface area contributed by atoms with Crippen LogP contribution in [0.15, 0.2) is 48.5 Å². The van der Waals surface area contributed by atoms with Gasteiger partial charge >= 0.3 is 0 Å². The Morgan fingerprint density at radius 1 is 1.11 bits per heavy atom. The largest absolute Gasteiger partial charge is 0.319 e. The van der Waals surface area contributed by atoms with Gasteiger partial charge in [-0.25, -0.2) is 4.39 Å². The fourth-order valence-corrected chi connectivity index (χ4v) is 2.43. The first-order chi connectivity index (χ1) is 8.70. The molecule has 0 bridgehead atoms. The lowest BCUT2D eigenvalue weighted by molar-refractivity contribution is 0.620. The number of benzene rings is 2. The van der Waals surface area contributed by atoms with E-state index in [0.717, 1.165) is 17.4 Å². The minimum Gasteiger partial charge on any atom is -0.319 e. The predicted molar refractivity (Wildman–Crippen MR) is 78.0 cm³/mol. The molecule has 2 unspecified atom stereocenters. The average molecular weight is 261 g/mol. The topological polar surface area (TPSA) is 12.0 Å². The van der Waals surface area contributed by atoms with Crippen molar-refractivity contribution in [3.8, 4) is 0 Å². The van der Waals surface area contributed by atoms with Crippen LogP contribution < -0.4 is 10.6 Å². The molecule has 2 aromatic rings. The molecule has 0 amide bonds. The molecule has 0 saturated carbocycles. The molecule has 0 aliphatic heterocycles. The van der Waals surface area contributed by atoms with Gasteiger partial charge in [-0.15, -0.1) is 9.24 Å². The number of nitrogens with one attached hydrogen (secondary N) is 1. The highest BCUT2D eigenvalue weighted by Crippen LogP contribution is 2.24.